The summed E-state index contributed by atoms with van der Waals surface area (Å²) in [5, 5.41) is 25.4. The van der Waals surface area contributed by atoms with Crippen LogP contribution < -0.4 is 10.3 Å². The summed E-state index contributed by atoms with van der Waals surface area (Å²) in [6.45, 7) is 12.7. The number of benzene rings is 3. The minimum Gasteiger partial charge on any atom is -0.444 e. The van der Waals surface area contributed by atoms with Crippen molar-refractivity contribution in [1.82, 2.24) is 20.3 Å². The number of thiazole rings is 1. The Morgan fingerprint density at radius 2 is 1.77 bits per heavy atom. The Labute approximate surface area is 330 Å². The highest BCUT2D eigenvalue weighted by Gasteiger charge is 2.45. The number of amides is 2. The summed E-state index contributed by atoms with van der Waals surface area (Å²) < 4.78 is 43.2. The molecular weight excluding hydrogens is 741 g/mol. The fourth-order valence-electron chi connectivity index (χ4n) is 6.16. The van der Waals surface area contributed by atoms with Crippen LogP contribution in [0.5, 0.6) is 0 Å². The van der Waals surface area contributed by atoms with Crippen molar-refractivity contribution in [1.29, 1.82) is 5.26 Å². The van der Waals surface area contributed by atoms with E-state index in [-0.39, 0.29) is 31.4 Å². The van der Waals surface area contributed by atoms with Gasteiger partial charge in [0.05, 0.1) is 34.6 Å². The maximum atomic E-state index is 15.4. The second-order valence-electron chi connectivity index (χ2n) is 15.0. The summed E-state index contributed by atoms with van der Waals surface area (Å²) in [5.41, 5.74) is 3.36. The highest BCUT2D eigenvalue weighted by atomic mass is 32.1. The molecule has 3 atom stereocenters. The van der Waals surface area contributed by atoms with Gasteiger partial charge in [0.15, 0.2) is 6.67 Å². The Kier molecular flexibility index (Phi) is 12.8. The van der Waals surface area contributed by atoms with Gasteiger partial charge in [-0.15, -0.1) is 16.8 Å². The number of halogens is 2. The zero-order valence-corrected chi connectivity index (χ0v) is 33.6. The predicted molar refractivity (Wildman–Crippen MR) is 210 cm³/mol. The normalized spacial score (nSPS) is 15.1. The average Bonchev–Trinajstić information content (AvgIpc) is 3.84. The van der Waals surface area contributed by atoms with Gasteiger partial charge < -0.3 is 19.5 Å². The smallest absolute Gasteiger partial charge is 0.417 e. The summed E-state index contributed by atoms with van der Waals surface area (Å²) >= 11 is 1.27. The van der Waals surface area contributed by atoms with Gasteiger partial charge in [0.25, 0.3) is 6.34 Å². The van der Waals surface area contributed by atoms with E-state index in [0.717, 1.165) is 23.8 Å². The molecular formula is C41H48F2N7O5S+. The van der Waals surface area contributed by atoms with Crippen molar-refractivity contribution in [3.05, 3.63) is 105 Å². The first-order valence-electron chi connectivity index (χ1n) is 18.2. The van der Waals surface area contributed by atoms with E-state index in [4.69, 9.17) is 19.7 Å². The molecule has 0 fully saturated rings. The minimum absolute atomic E-state index is 0.171. The SMILES string of the molecule is CC(C)N(Cc1ccccc1N(C)C(=O)OC(C)[N+]1=CN(C[C@](O)(c2cc(F)ccc2F)[C@@H](C)c2nc(-c3ccc(C#N)cc3)cs2)NC1)C(=O)OC(C)(C)C. The average molecular weight is 789 g/mol. The fourth-order valence-corrected chi connectivity index (χ4v) is 7.13. The van der Waals surface area contributed by atoms with Crippen LogP contribution in [-0.2, 0) is 21.6 Å². The van der Waals surface area contributed by atoms with E-state index in [2.05, 4.69) is 11.5 Å². The minimum atomic E-state index is -1.99. The number of hydrazine groups is 1. The Hall–Kier alpha value is -5.43. The number of hydrogen-bond donors (Lipinski definition) is 2. The molecule has 0 saturated carbocycles. The monoisotopic (exact) mass is 788 g/mol. The molecule has 2 N–H and O–H groups in total. The molecule has 0 saturated heterocycles. The number of para-hydroxylation sites is 1. The first kappa shape index (κ1) is 41.7. The largest absolute Gasteiger partial charge is 0.444 e. The number of nitriles is 1. The van der Waals surface area contributed by atoms with Crippen LogP contribution in [0, 0.1) is 23.0 Å². The molecule has 1 unspecified atom stereocenters. The number of anilines is 1. The molecule has 56 heavy (non-hydrogen) atoms. The number of aromatic nitrogens is 1. The van der Waals surface area contributed by atoms with E-state index in [1.54, 1.807) is 93.9 Å². The van der Waals surface area contributed by atoms with E-state index >= 15 is 4.39 Å². The summed E-state index contributed by atoms with van der Waals surface area (Å²) in [7, 11) is 1.58. The zero-order valence-electron chi connectivity index (χ0n) is 32.8. The van der Waals surface area contributed by atoms with E-state index in [1.807, 2.05) is 31.4 Å². The second-order valence-corrected chi connectivity index (χ2v) is 15.9. The zero-order chi connectivity index (χ0) is 40.9. The Morgan fingerprint density at radius 3 is 2.43 bits per heavy atom. The third kappa shape index (κ3) is 9.68. The van der Waals surface area contributed by atoms with Crippen LogP contribution in [0.25, 0.3) is 11.3 Å². The topological polar surface area (TPSA) is 134 Å². The van der Waals surface area contributed by atoms with Crippen molar-refractivity contribution < 1.29 is 37.5 Å². The molecule has 5 rings (SSSR count). The van der Waals surface area contributed by atoms with Crippen LogP contribution in [0.15, 0.2) is 72.1 Å². The van der Waals surface area contributed by atoms with E-state index < -0.39 is 47.2 Å². The van der Waals surface area contributed by atoms with Crippen LogP contribution in [0.2, 0.25) is 0 Å². The molecule has 0 aliphatic carbocycles. The van der Waals surface area contributed by atoms with Crippen molar-refractivity contribution in [3.63, 3.8) is 0 Å². The van der Waals surface area contributed by atoms with E-state index in [9.17, 15) is 19.1 Å². The number of aliphatic hydroxyl groups is 1. The summed E-state index contributed by atoms with van der Waals surface area (Å²) in [4.78, 5) is 34.3. The molecule has 296 valence electrons. The van der Waals surface area contributed by atoms with Crippen LogP contribution >= 0.6 is 11.3 Å². The Bertz CT molecular complexity index is 2110. The molecule has 15 heteroatoms. The van der Waals surface area contributed by atoms with Gasteiger partial charge in [-0.2, -0.15) is 10.3 Å². The third-order valence-corrected chi connectivity index (χ3v) is 10.5. The molecule has 2 heterocycles. The van der Waals surface area contributed by atoms with Crippen LogP contribution in [0.3, 0.4) is 0 Å². The lowest BCUT2D eigenvalue weighted by molar-refractivity contribution is -0.594. The van der Waals surface area contributed by atoms with Crippen LogP contribution in [0.4, 0.5) is 24.1 Å². The molecule has 3 aromatic carbocycles. The summed E-state index contributed by atoms with van der Waals surface area (Å²) in [6, 6.07) is 19.0. The van der Waals surface area contributed by atoms with E-state index in [1.165, 1.54) is 21.2 Å². The van der Waals surface area contributed by atoms with Gasteiger partial charge in [0.2, 0.25) is 6.23 Å². The lowest BCUT2D eigenvalue weighted by atomic mass is 9.81. The maximum absolute atomic E-state index is 15.4. The number of carbonyl (C=O) groups excluding carboxylic acids is 2. The van der Waals surface area contributed by atoms with Gasteiger partial charge in [-0.05, 0) is 76.6 Å². The van der Waals surface area contributed by atoms with Crippen molar-refractivity contribution in [2.45, 2.75) is 84.4 Å². The van der Waals surface area contributed by atoms with Crippen molar-refractivity contribution in [2.75, 3.05) is 25.2 Å². The van der Waals surface area contributed by atoms with E-state index in [0.29, 0.717) is 27.5 Å². The molecule has 1 aliphatic heterocycles. The molecule has 0 bridgehead atoms. The van der Waals surface area contributed by atoms with Crippen molar-refractivity contribution >= 4 is 35.5 Å². The summed E-state index contributed by atoms with van der Waals surface area (Å²) in [5.74, 6) is -2.31. The molecule has 4 aromatic rings. The second kappa shape index (κ2) is 17.2. The highest BCUT2D eigenvalue weighted by Crippen LogP contribution is 2.41. The van der Waals surface area contributed by atoms with Crippen molar-refractivity contribution in [2.24, 2.45) is 0 Å². The molecule has 12 nitrogen and oxygen atoms in total. The van der Waals surface area contributed by atoms with Crippen molar-refractivity contribution in [3.8, 4) is 17.3 Å². The van der Waals surface area contributed by atoms with Gasteiger partial charge in [0.1, 0.15) is 29.4 Å². The van der Waals surface area contributed by atoms with Crippen LogP contribution in [0.1, 0.15) is 76.1 Å². The number of carbonyl (C=O) groups is 2. The lowest BCUT2D eigenvalue weighted by Crippen LogP contribution is -2.47. The summed E-state index contributed by atoms with van der Waals surface area (Å²) in [6.07, 6.45) is -0.317. The first-order valence-corrected chi connectivity index (χ1v) is 19.0. The number of rotatable bonds is 12. The lowest BCUT2D eigenvalue weighted by Gasteiger charge is -2.33. The molecule has 1 aliphatic rings. The number of hydrogen-bond acceptors (Lipinski definition) is 10. The van der Waals surface area contributed by atoms with Gasteiger partial charge >= 0.3 is 12.2 Å². The predicted octanol–water partition coefficient (Wildman–Crippen LogP) is 7.53. The maximum Gasteiger partial charge on any atom is 0.417 e. The van der Waals surface area contributed by atoms with Gasteiger partial charge in [0, 0.05) is 42.4 Å². The molecule has 0 spiro atoms. The number of β-amino-alcohol motifs (C(OH)–C–C–N with tert-alkyl or cyclic N) is 1. The Balaban J connectivity index is 1.33. The van der Waals surface area contributed by atoms with Gasteiger partial charge in [-0.3, -0.25) is 4.90 Å². The van der Waals surface area contributed by atoms with Gasteiger partial charge in [-0.25, -0.2) is 27.9 Å². The fraction of sp³-hybridized carbons (Fsp3) is 0.390. The van der Waals surface area contributed by atoms with Gasteiger partial charge in [-0.1, -0.05) is 37.3 Å². The van der Waals surface area contributed by atoms with Crippen LogP contribution in [-0.4, -0.2) is 81.2 Å². The first-order chi connectivity index (χ1) is 26.4. The number of ether oxygens (including phenoxy) is 2. The quantitative estimate of drug-likeness (QED) is 0.140. The number of nitrogens with zero attached hydrogens (tertiary/aromatic N) is 6. The standard InChI is InChI=1S/C41H48F2N7O5S/c1-26(2)50(39(52)55-40(5,6)7)21-31-11-9-10-12-36(31)47(8)38(51)54-28(4)48-24-45-49(25-48)23-41(53,33-19-32(42)17-18-34(33)43)27(3)37-46-35(22-56-37)30-15-13-29(20-44)14-16-30/h9-19,22,25-28,45,53H,21,23-24H2,1-8H3/q+1/t27-,28?,41+/m0/s1. The number of nitrogens with one attached hydrogen (secondary N) is 1. The molecule has 2 amide bonds. The highest BCUT2D eigenvalue weighted by molar-refractivity contribution is 7.10. The third-order valence-electron chi connectivity index (χ3n) is 9.43. The Morgan fingerprint density at radius 1 is 1.07 bits per heavy atom. The molecule has 1 aromatic heterocycles. The molecule has 0 radical (unpaired) electrons.